The van der Waals surface area contributed by atoms with Gasteiger partial charge in [0, 0.05) is 18.4 Å². The van der Waals surface area contributed by atoms with E-state index in [4.69, 9.17) is 9.47 Å². The lowest BCUT2D eigenvalue weighted by atomic mass is 10.1. The van der Waals surface area contributed by atoms with Gasteiger partial charge in [-0.3, -0.25) is 9.59 Å². The molecule has 0 saturated carbocycles. The van der Waals surface area contributed by atoms with E-state index in [9.17, 15) is 9.59 Å². The number of benzene rings is 1. The maximum atomic E-state index is 12.0. The SMILES string of the molecule is C=CCCCCCCCC(=O)Oc1cnc(-c2ccc(CCC(C)OC(=O)CC)cc2)nc1. The molecule has 178 valence electrons. The maximum absolute atomic E-state index is 12.0. The van der Waals surface area contributed by atoms with Gasteiger partial charge >= 0.3 is 11.9 Å². The lowest BCUT2D eigenvalue weighted by Gasteiger charge is -2.12. The van der Waals surface area contributed by atoms with Crippen LogP contribution in [0.15, 0.2) is 49.3 Å². The number of carbonyl (C=O) groups is 2. The summed E-state index contributed by atoms with van der Waals surface area (Å²) in [6.45, 7) is 7.43. The molecule has 0 amide bonds. The molecule has 0 bridgehead atoms. The van der Waals surface area contributed by atoms with Gasteiger partial charge in [0.1, 0.15) is 0 Å². The standard InChI is InChI=1S/C27H36N2O4/c1-4-6-7-8-9-10-11-12-26(31)33-24-19-28-27(29-20-24)23-17-15-22(16-18-23)14-13-21(3)32-25(30)5-2/h4,15-21H,1,5-14H2,2-3H3. The highest BCUT2D eigenvalue weighted by molar-refractivity contribution is 5.72. The molecule has 0 spiro atoms. The van der Waals surface area contributed by atoms with Gasteiger partial charge in [0.05, 0.1) is 18.5 Å². The first-order valence-corrected chi connectivity index (χ1v) is 11.9. The molecule has 6 nitrogen and oxygen atoms in total. The molecule has 0 aliphatic heterocycles. The third kappa shape index (κ3) is 10.4. The Morgan fingerprint density at radius 1 is 1.00 bits per heavy atom. The monoisotopic (exact) mass is 452 g/mol. The fraction of sp³-hybridized carbons (Fsp3) is 0.481. The molecule has 1 aromatic carbocycles. The van der Waals surface area contributed by atoms with E-state index in [1.54, 1.807) is 6.92 Å². The number of esters is 2. The Hall–Kier alpha value is -3.02. The van der Waals surface area contributed by atoms with Crippen LogP contribution in [0.3, 0.4) is 0 Å². The number of unbranched alkanes of at least 4 members (excludes halogenated alkanes) is 5. The van der Waals surface area contributed by atoms with Crippen molar-refractivity contribution in [2.45, 2.75) is 84.2 Å². The lowest BCUT2D eigenvalue weighted by Crippen LogP contribution is -2.14. The summed E-state index contributed by atoms with van der Waals surface area (Å²) in [5, 5.41) is 0. The zero-order valence-electron chi connectivity index (χ0n) is 19.9. The first kappa shape index (κ1) is 26.2. The van der Waals surface area contributed by atoms with Crippen molar-refractivity contribution in [3.8, 4) is 17.1 Å². The van der Waals surface area contributed by atoms with Gasteiger partial charge in [-0.15, -0.1) is 6.58 Å². The Morgan fingerprint density at radius 2 is 1.67 bits per heavy atom. The first-order chi connectivity index (χ1) is 16.0. The van der Waals surface area contributed by atoms with Crippen LogP contribution in [0.4, 0.5) is 0 Å². The number of hydrogen-bond donors (Lipinski definition) is 0. The summed E-state index contributed by atoms with van der Waals surface area (Å²) in [6.07, 6.45) is 13.7. The van der Waals surface area contributed by atoms with Gasteiger partial charge < -0.3 is 9.47 Å². The highest BCUT2D eigenvalue weighted by atomic mass is 16.5. The van der Waals surface area contributed by atoms with Gasteiger partial charge in [0.25, 0.3) is 0 Å². The van der Waals surface area contributed by atoms with Crippen LogP contribution >= 0.6 is 0 Å². The molecule has 0 radical (unpaired) electrons. The summed E-state index contributed by atoms with van der Waals surface area (Å²) in [5.41, 5.74) is 2.04. The maximum Gasteiger partial charge on any atom is 0.311 e. The van der Waals surface area contributed by atoms with Gasteiger partial charge in [-0.2, -0.15) is 0 Å². The van der Waals surface area contributed by atoms with Crippen molar-refractivity contribution in [2.75, 3.05) is 0 Å². The summed E-state index contributed by atoms with van der Waals surface area (Å²) in [6, 6.07) is 7.99. The highest BCUT2D eigenvalue weighted by Gasteiger charge is 2.09. The average Bonchev–Trinajstić information content (AvgIpc) is 2.83. The number of aryl methyl sites for hydroxylation is 1. The minimum Gasteiger partial charge on any atom is -0.463 e. The van der Waals surface area contributed by atoms with Crippen LogP contribution in [0.25, 0.3) is 11.4 Å². The van der Waals surface area contributed by atoms with E-state index in [1.807, 2.05) is 37.3 Å². The molecule has 33 heavy (non-hydrogen) atoms. The third-order valence-electron chi connectivity index (χ3n) is 5.32. The van der Waals surface area contributed by atoms with E-state index in [0.29, 0.717) is 24.4 Å². The molecule has 6 heteroatoms. The molecular formula is C27H36N2O4. The second-order valence-corrected chi connectivity index (χ2v) is 8.20. The van der Waals surface area contributed by atoms with Crippen LogP contribution < -0.4 is 4.74 Å². The van der Waals surface area contributed by atoms with Gasteiger partial charge in [-0.1, -0.05) is 56.5 Å². The predicted octanol–water partition coefficient (Wildman–Crippen LogP) is 6.24. The van der Waals surface area contributed by atoms with E-state index in [2.05, 4.69) is 16.5 Å². The largest absolute Gasteiger partial charge is 0.463 e. The number of nitrogens with zero attached hydrogens (tertiary/aromatic N) is 2. The smallest absolute Gasteiger partial charge is 0.311 e. The van der Waals surface area contributed by atoms with Crippen LogP contribution in [0.2, 0.25) is 0 Å². The van der Waals surface area contributed by atoms with Crippen molar-refractivity contribution >= 4 is 11.9 Å². The summed E-state index contributed by atoms with van der Waals surface area (Å²) in [5.74, 6) is 0.521. The van der Waals surface area contributed by atoms with Crippen molar-refractivity contribution in [2.24, 2.45) is 0 Å². The van der Waals surface area contributed by atoms with Crippen molar-refractivity contribution < 1.29 is 19.1 Å². The van der Waals surface area contributed by atoms with Crippen molar-refractivity contribution in [1.29, 1.82) is 0 Å². The molecule has 0 N–H and O–H groups in total. The molecule has 1 unspecified atom stereocenters. The van der Waals surface area contributed by atoms with Gasteiger partial charge in [-0.25, -0.2) is 9.97 Å². The van der Waals surface area contributed by atoms with Crippen molar-refractivity contribution in [3.63, 3.8) is 0 Å². The Balaban J connectivity index is 1.74. The van der Waals surface area contributed by atoms with E-state index in [0.717, 1.165) is 56.1 Å². The topological polar surface area (TPSA) is 78.4 Å². The van der Waals surface area contributed by atoms with Gasteiger partial charge in [0.15, 0.2) is 11.6 Å². The first-order valence-electron chi connectivity index (χ1n) is 11.9. The molecule has 1 aromatic heterocycles. The molecule has 2 aromatic rings. The normalized spacial score (nSPS) is 11.6. The minimum absolute atomic E-state index is 0.0990. The Bertz CT molecular complexity index is 863. The molecule has 0 aliphatic rings. The van der Waals surface area contributed by atoms with Crippen LogP contribution in [0.1, 0.15) is 77.2 Å². The number of hydrogen-bond acceptors (Lipinski definition) is 6. The number of aromatic nitrogens is 2. The summed E-state index contributed by atoms with van der Waals surface area (Å²) in [7, 11) is 0. The zero-order valence-corrected chi connectivity index (χ0v) is 19.9. The molecule has 1 heterocycles. The Kier molecular flexibility index (Phi) is 11.9. The predicted molar refractivity (Wildman–Crippen MR) is 130 cm³/mol. The molecule has 0 fully saturated rings. The van der Waals surface area contributed by atoms with Gasteiger partial charge in [0.2, 0.25) is 0 Å². The van der Waals surface area contributed by atoms with E-state index in [-0.39, 0.29) is 18.0 Å². The van der Waals surface area contributed by atoms with Crippen LogP contribution in [0.5, 0.6) is 5.75 Å². The van der Waals surface area contributed by atoms with Crippen LogP contribution in [0, 0.1) is 0 Å². The highest BCUT2D eigenvalue weighted by Crippen LogP contribution is 2.19. The summed E-state index contributed by atoms with van der Waals surface area (Å²) >= 11 is 0. The third-order valence-corrected chi connectivity index (χ3v) is 5.32. The summed E-state index contributed by atoms with van der Waals surface area (Å²) < 4.78 is 10.6. The minimum atomic E-state index is -0.249. The fourth-order valence-corrected chi connectivity index (χ4v) is 3.35. The van der Waals surface area contributed by atoms with Crippen molar-refractivity contribution in [1.82, 2.24) is 9.97 Å². The lowest BCUT2D eigenvalue weighted by molar-refractivity contribution is -0.148. The Morgan fingerprint density at radius 3 is 2.33 bits per heavy atom. The Labute approximate surface area is 197 Å². The average molecular weight is 453 g/mol. The molecule has 2 rings (SSSR count). The number of rotatable bonds is 15. The number of allylic oxidation sites excluding steroid dienone is 1. The van der Waals surface area contributed by atoms with Crippen LogP contribution in [-0.4, -0.2) is 28.0 Å². The quantitative estimate of drug-likeness (QED) is 0.181. The molecule has 0 aliphatic carbocycles. The van der Waals surface area contributed by atoms with Crippen molar-refractivity contribution in [3.05, 3.63) is 54.9 Å². The summed E-state index contributed by atoms with van der Waals surface area (Å²) in [4.78, 5) is 32.0. The molecule has 0 saturated heterocycles. The number of ether oxygens (including phenoxy) is 2. The zero-order chi connectivity index (χ0) is 23.9. The van der Waals surface area contributed by atoms with Gasteiger partial charge in [-0.05, 0) is 44.6 Å². The van der Waals surface area contributed by atoms with E-state index >= 15 is 0 Å². The second kappa shape index (κ2) is 14.9. The second-order valence-electron chi connectivity index (χ2n) is 8.20. The molecule has 1 atom stereocenters. The van der Waals surface area contributed by atoms with Crippen LogP contribution in [-0.2, 0) is 20.7 Å². The van der Waals surface area contributed by atoms with E-state index < -0.39 is 0 Å². The van der Waals surface area contributed by atoms with E-state index in [1.165, 1.54) is 18.8 Å². The molecular weight excluding hydrogens is 416 g/mol. The fourth-order valence-electron chi connectivity index (χ4n) is 3.35. The number of carbonyl (C=O) groups excluding carboxylic acids is 2.